The van der Waals surface area contributed by atoms with Crippen molar-refractivity contribution in [3.05, 3.63) is 112 Å². The van der Waals surface area contributed by atoms with Gasteiger partial charge in [-0.25, -0.2) is 0 Å². The number of aryl methyl sites for hydroxylation is 4. The Bertz CT molecular complexity index is 824. The van der Waals surface area contributed by atoms with E-state index in [-0.39, 0.29) is 0 Å². The maximum absolute atomic E-state index is 2.28. The molecule has 0 amide bonds. The van der Waals surface area contributed by atoms with Gasteiger partial charge < -0.3 is 0 Å². The van der Waals surface area contributed by atoms with Crippen molar-refractivity contribution in [2.45, 2.75) is 30.9 Å². The fourth-order valence-corrected chi connectivity index (χ4v) is 4.10. The maximum Gasteiger partial charge on any atom is -0.0238 e. The summed E-state index contributed by atoms with van der Waals surface area (Å²) in [4.78, 5) is 0. The minimum absolute atomic E-state index is 0.611. The number of fused-ring (bicyclic) bond motifs is 1. The topological polar surface area (TPSA) is 0 Å². The monoisotopic (exact) mass is 373 g/mol. The van der Waals surface area contributed by atoms with Crippen LogP contribution in [0.15, 0.2) is 78.9 Å². The Labute approximate surface area is 169 Å². The molecule has 0 bridgehead atoms. The van der Waals surface area contributed by atoms with Gasteiger partial charge in [0.1, 0.15) is 0 Å². The molecule has 0 spiro atoms. The molecule has 3 aromatic rings. The zero-order valence-corrected chi connectivity index (χ0v) is 17.1. The number of hydrogen-bond acceptors (Lipinski definition) is 0. The molecule has 1 heteroatoms. The van der Waals surface area contributed by atoms with Gasteiger partial charge in [0.15, 0.2) is 0 Å². The molecule has 26 heavy (non-hydrogen) atoms. The first-order valence-electron chi connectivity index (χ1n) is 9.22. The van der Waals surface area contributed by atoms with Gasteiger partial charge >= 0.3 is 85.0 Å². The van der Waals surface area contributed by atoms with Gasteiger partial charge in [0, 0.05) is 0 Å². The van der Waals surface area contributed by atoms with Gasteiger partial charge in [0.05, 0.1) is 0 Å². The Hall–Kier alpha value is -1.89. The quantitative estimate of drug-likeness (QED) is 0.467. The molecular formula is C25H25Ti. The van der Waals surface area contributed by atoms with E-state index in [1.165, 1.54) is 33.4 Å². The van der Waals surface area contributed by atoms with Crippen LogP contribution in [0.2, 0.25) is 0 Å². The van der Waals surface area contributed by atoms with E-state index in [0.717, 1.165) is 12.8 Å². The van der Waals surface area contributed by atoms with Crippen LogP contribution in [-0.4, -0.2) is 0 Å². The molecule has 0 nitrogen and oxygen atoms in total. The Morgan fingerprint density at radius 1 is 0.692 bits per heavy atom. The summed E-state index contributed by atoms with van der Waals surface area (Å²) in [6, 6.07) is 25.7. The van der Waals surface area contributed by atoms with Crippen LogP contribution in [0.1, 0.15) is 37.6 Å². The molecule has 0 aliphatic heterocycles. The molecule has 4 rings (SSSR count). The van der Waals surface area contributed by atoms with E-state index in [1.807, 2.05) is 0 Å². The van der Waals surface area contributed by atoms with Crippen molar-refractivity contribution in [2.24, 2.45) is 0 Å². The van der Waals surface area contributed by atoms with Gasteiger partial charge in [-0.1, -0.05) is 60.7 Å². The van der Waals surface area contributed by atoms with Crippen molar-refractivity contribution < 1.29 is 20.4 Å². The van der Waals surface area contributed by atoms with E-state index in [2.05, 4.69) is 119 Å². The fraction of sp³-hybridized carbons (Fsp3) is 0.200. The first-order valence-corrected chi connectivity index (χ1v) is 10.1. The summed E-state index contributed by atoms with van der Waals surface area (Å²) in [5.74, 6) is 0. The standard InChI is InChI=1S/C14H14.C11H11.Ti/c1-3-7-13(8-4-1)11-12-14-9-5-2-6-10-14;1-8-6-7-9(2)11-5-3-4-10(8)11;/h1-10H,11-12H2;3-7H,1-2H3;. The van der Waals surface area contributed by atoms with Crippen molar-refractivity contribution in [2.75, 3.05) is 0 Å². The zero-order valence-electron chi connectivity index (χ0n) is 15.6. The third-order valence-electron chi connectivity index (χ3n) is 4.88. The molecule has 0 fully saturated rings. The minimum atomic E-state index is 0.611. The average Bonchev–Trinajstić information content (AvgIpc) is 3.08. The Morgan fingerprint density at radius 3 is 1.69 bits per heavy atom. The van der Waals surface area contributed by atoms with E-state index in [4.69, 9.17) is 0 Å². The summed E-state index contributed by atoms with van der Waals surface area (Å²) in [7, 11) is 0. The first-order chi connectivity index (χ1) is 12.6. The normalized spacial score (nSPS) is 14.4. The summed E-state index contributed by atoms with van der Waals surface area (Å²) < 4.78 is 0.611. The molecule has 1 aliphatic rings. The van der Waals surface area contributed by atoms with Gasteiger partial charge in [0.25, 0.3) is 0 Å². The van der Waals surface area contributed by atoms with Crippen LogP contribution in [0, 0.1) is 13.8 Å². The van der Waals surface area contributed by atoms with Gasteiger partial charge in [-0.15, -0.1) is 0 Å². The maximum atomic E-state index is 2.28. The smallest absolute Gasteiger partial charge is 0.0238 e. The zero-order chi connectivity index (χ0) is 18.4. The third kappa shape index (κ3) is 4.84. The third-order valence-corrected chi connectivity index (χ3v) is 5.63. The molecule has 1 unspecified atom stereocenters. The number of allylic oxidation sites excluding steroid dienone is 1. The van der Waals surface area contributed by atoms with Crippen LogP contribution < -0.4 is 0 Å². The minimum Gasteiger partial charge on any atom is -0.0622 e. The molecule has 0 aromatic heterocycles. The van der Waals surface area contributed by atoms with Crippen LogP contribution in [0.25, 0.3) is 6.08 Å². The molecule has 0 saturated carbocycles. The molecule has 0 radical (unpaired) electrons. The Morgan fingerprint density at radius 2 is 1.19 bits per heavy atom. The molecule has 129 valence electrons. The summed E-state index contributed by atoms with van der Waals surface area (Å²) in [6.07, 6.45) is 6.79. The van der Waals surface area contributed by atoms with Crippen molar-refractivity contribution in [1.29, 1.82) is 0 Å². The SMILES string of the molecule is Cc1ccc(C)c2c1C=C[CH]2[Ti].c1ccc(CCc2ccccc2)cc1. The van der Waals surface area contributed by atoms with Crippen LogP contribution >= 0.6 is 0 Å². The molecule has 0 saturated heterocycles. The van der Waals surface area contributed by atoms with Crippen molar-refractivity contribution in [3.63, 3.8) is 0 Å². The van der Waals surface area contributed by atoms with Crippen LogP contribution in [0.5, 0.6) is 0 Å². The molecule has 0 heterocycles. The number of rotatable bonds is 3. The Kier molecular flexibility index (Phi) is 6.66. The number of hydrogen-bond donors (Lipinski definition) is 0. The summed E-state index contributed by atoms with van der Waals surface area (Å²) in [6.45, 7) is 4.38. The van der Waals surface area contributed by atoms with E-state index in [9.17, 15) is 0 Å². The van der Waals surface area contributed by atoms with E-state index >= 15 is 0 Å². The largest absolute Gasteiger partial charge is 0.0622 e. The van der Waals surface area contributed by atoms with Gasteiger partial charge in [-0.05, 0) is 24.0 Å². The van der Waals surface area contributed by atoms with E-state index in [1.54, 1.807) is 0 Å². The summed E-state index contributed by atoms with van der Waals surface area (Å²) in [5.41, 5.74) is 8.62. The fourth-order valence-electron chi connectivity index (χ4n) is 3.36. The second-order valence-corrected chi connectivity index (χ2v) is 7.81. The average molecular weight is 373 g/mol. The molecule has 3 aromatic carbocycles. The summed E-state index contributed by atoms with van der Waals surface area (Å²) >= 11 is 2.26. The molecule has 0 N–H and O–H groups in total. The van der Waals surface area contributed by atoms with Crippen molar-refractivity contribution >= 4 is 6.08 Å². The number of benzene rings is 3. The first kappa shape index (κ1) is 18.9. The molecule has 1 atom stereocenters. The van der Waals surface area contributed by atoms with Crippen molar-refractivity contribution in [1.82, 2.24) is 0 Å². The van der Waals surface area contributed by atoms with Crippen molar-refractivity contribution in [3.8, 4) is 0 Å². The van der Waals surface area contributed by atoms with E-state index < -0.39 is 0 Å². The van der Waals surface area contributed by atoms with Crippen LogP contribution in [0.4, 0.5) is 0 Å². The molecule has 1 aliphatic carbocycles. The van der Waals surface area contributed by atoms with Gasteiger partial charge in [-0.2, -0.15) is 0 Å². The van der Waals surface area contributed by atoms with Crippen LogP contribution in [-0.2, 0) is 33.3 Å². The second kappa shape index (κ2) is 9.17. The van der Waals surface area contributed by atoms with Gasteiger partial charge in [0.2, 0.25) is 0 Å². The molecular weight excluding hydrogens is 348 g/mol. The van der Waals surface area contributed by atoms with Gasteiger partial charge in [-0.3, -0.25) is 0 Å². The predicted octanol–water partition coefficient (Wildman–Crippen LogP) is 6.39. The second-order valence-electron chi connectivity index (χ2n) is 6.83. The Balaban J connectivity index is 0.000000152. The summed E-state index contributed by atoms with van der Waals surface area (Å²) in [5, 5.41) is 0. The van der Waals surface area contributed by atoms with Crippen LogP contribution in [0.3, 0.4) is 0 Å². The van der Waals surface area contributed by atoms with E-state index in [0.29, 0.717) is 4.22 Å². The predicted molar refractivity (Wildman–Crippen MR) is 108 cm³/mol.